The minimum atomic E-state index is -0.248. The normalized spacial score (nSPS) is 15.0. The molecule has 0 N–H and O–H groups in total. The van der Waals surface area contributed by atoms with Crippen LogP contribution in [0.5, 0.6) is 0 Å². The molecule has 0 radical (unpaired) electrons. The first kappa shape index (κ1) is 11.3. The number of carbonyl (C=O) groups is 1. The van der Waals surface area contributed by atoms with E-state index in [2.05, 4.69) is 0 Å². The first-order valence-electron chi connectivity index (χ1n) is 6.15. The predicted octanol–water partition coefficient (Wildman–Crippen LogP) is 2.40. The lowest BCUT2D eigenvalue weighted by molar-refractivity contribution is -0.130. The number of rotatable bonds is 3. The Balaban J connectivity index is 1.84. The molecule has 4 heteroatoms. The van der Waals surface area contributed by atoms with Crippen molar-refractivity contribution in [2.45, 2.75) is 25.4 Å². The van der Waals surface area contributed by atoms with Crippen LogP contribution in [0.2, 0.25) is 0 Å². The maximum atomic E-state index is 13.1. The fourth-order valence-corrected chi connectivity index (χ4v) is 2.23. The van der Waals surface area contributed by atoms with E-state index in [4.69, 9.17) is 0 Å². The van der Waals surface area contributed by atoms with Crippen LogP contribution in [0.15, 0.2) is 30.5 Å². The van der Waals surface area contributed by atoms with Crippen molar-refractivity contribution in [3.63, 3.8) is 0 Å². The van der Waals surface area contributed by atoms with Crippen molar-refractivity contribution in [3.05, 3.63) is 36.3 Å². The maximum Gasteiger partial charge on any atom is 0.242 e. The summed E-state index contributed by atoms with van der Waals surface area (Å²) >= 11 is 0. The van der Waals surface area contributed by atoms with Gasteiger partial charge in [0.25, 0.3) is 0 Å². The zero-order valence-corrected chi connectivity index (χ0v) is 10.3. The number of hydrogen-bond acceptors (Lipinski definition) is 1. The van der Waals surface area contributed by atoms with E-state index in [0.29, 0.717) is 12.6 Å². The SMILES string of the molecule is CN(C(=O)Cn1ccc2cc(F)ccc21)C1CC1. The van der Waals surface area contributed by atoms with Crippen LogP contribution in [0.3, 0.4) is 0 Å². The van der Waals surface area contributed by atoms with E-state index >= 15 is 0 Å². The molecule has 1 aromatic carbocycles. The molecule has 1 saturated carbocycles. The van der Waals surface area contributed by atoms with Gasteiger partial charge in [0.05, 0.1) is 0 Å². The molecule has 1 aromatic heterocycles. The van der Waals surface area contributed by atoms with Gasteiger partial charge in [0.2, 0.25) is 5.91 Å². The molecule has 1 heterocycles. The number of halogens is 1. The molecule has 1 aliphatic rings. The van der Waals surface area contributed by atoms with E-state index in [9.17, 15) is 9.18 Å². The highest BCUT2D eigenvalue weighted by atomic mass is 19.1. The number of fused-ring (bicyclic) bond motifs is 1. The lowest BCUT2D eigenvalue weighted by Gasteiger charge is -2.16. The Bertz CT molecular complexity index is 601. The first-order valence-corrected chi connectivity index (χ1v) is 6.15. The van der Waals surface area contributed by atoms with Crippen LogP contribution in [-0.2, 0) is 11.3 Å². The zero-order valence-electron chi connectivity index (χ0n) is 10.3. The molecule has 0 atom stereocenters. The lowest BCUT2D eigenvalue weighted by atomic mass is 10.2. The van der Waals surface area contributed by atoms with E-state index in [-0.39, 0.29) is 11.7 Å². The minimum absolute atomic E-state index is 0.110. The molecule has 0 spiro atoms. The highest BCUT2D eigenvalue weighted by molar-refractivity contribution is 5.83. The number of benzene rings is 1. The predicted molar refractivity (Wildman–Crippen MR) is 67.7 cm³/mol. The van der Waals surface area contributed by atoms with Gasteiger partial charge in [0.15, 0.2) is 0 Å². The molecule has 18 heavy (non-hydrogen) atoms. The monoisotopic (exact) mass is 246 g/mol. The van der Waals surface area contributed by atoms with E-state index < -0.39 is 0 Å². The Labute approximate surface area is 105 Å². The molecule has 0 bridgehead atoms. The number of amides is 1. The summed E-state index contributed by atoms with van der Waals surface area (Å²) in [6, 6.07) is 6.89. The Morgan fingerprint density at radius 3 is 2.94 bits per heavy atom. The smallest absolute Gasteiger partial charge is 0.242 e. The van der Waals surface area contributed by atoms with Gasteiger partial charge in [-0.25, -0.2) is 4.39 Å². The Kier molecular flexibility index (Phi) is 2.58. The number of likely N-dealkylation sites (N-methyl/N-ethyl adjacent to an activating group) is 1. The standard InChI is InChI=1S/C14H15FN2O/c1-16(12-3-4-12)14(18)9-17-7-6-10-8-11(15)2-5-13(10)17/h2,5-8,12H,3-4,9H2,1H3. The Morgan fingerprint density at radius 1 is 1.44 bits per heavy atom. The van der Waals surface area contributed by atoms with Crippen LogP contribution in [0.1, 0.15) is 12.8 Å². The number of hydrogen-bond donors (Lipinski definition) is 0. The van der Waals surface area contributed by atoms with Crippen molar-refractivity contribution in [2.75, 3.05) is 7.05 Å². The van der Waals surface area contributed by atoms with Crippen molar-refractivity contribution in [2.24, 2.45) is 0 Å². The van der Waals surface area contributed by atoms with Crippen LogP contribution in [0, 0.1) is 5.82 Å². The topological polar surface area (TPSA) is 25.2 Å². The van der Waals surface area contributed by atoms with Gasteiger partial charge in [-0.1, -0.05) is 0 Å². The van der Waals surface area contributed by atoms with E-state index in [1.54, 1.807) is 6.07 Å². The number of aromatic nitrogens is 1. The van der Waals surface area contributed by atoms with E-state index in [1.165, 1.54) is 12.1 Å². The van der Waals surface area contributed by atoms with Crippen LogP contribution >= 0.6 is 0 Å². The fraction of sp³-hybridized carbons (Fsp3) is 0.357. The second-order valence-corrected chi connectivity index (χ2v) is 4.88. The summed E-state index contributed by atoms with van der Waals surface area (Å²) in [5, 5.41) is 0.830. The third kappa shape index (κ3) is 1.98. The van der Waals surface area contributed by atoms with Crippen LogP contribution in [0.4, 0.5) is 4.39 Å². The highest BCUT2D eigenvalue weighted by Gasteiger charge is 2.29. The summed E-state index contributed by atoms with van der Waals surface area (Å²) < 4.78 is 14.9. The van der Waals surface area contributed by atoms with Crippen LogP contribution in [0.25, 0.3) is 10.9 Å². The molecule has 1 amide bonds. The van der Waals surface area contributed by atoms with Crippen molar-refractivity contribution in [1.82, 2.24) is 9.47 Å². The second-order valence-electron chi connectivity index (χ2n) is 4.88. The maximum absolute atomic E-state index is 13.1. The van der Waals surface area contributed by atoms with Crippen LogP contribution < -0.4 is 0 Å². The molecule has 94 valence electrons. The minimum Gasteiger partial charge on any atom is -0.341 e. The molecule has 2 aromatic rings. The van der Waals surface area contributed by atoms with Crippen molar-refractivity contribution < 1.29 is 9.18 Å². The molecular formula is C14H15FN2O. The molecule has 1 fully saturated rings. The Morgan fingerprint density at radius 2 is 2.22 bits per heavy atom. The molecule has 1 aliphatic carbocycles. The van der Waals surface area contributed by atoms with Gasteiger partial charge in [-0.3, -0.25) is 4.79 Å². The van der Waals surface area contributed by atoms with E-state index in [1.807, 2.05) is 28.8 Å². The molecular weight excluding hydrogens is 231 g/mol. The Hall–Kier alpha value is -1.84. The fourth-order valence-electron chi connectivity index (χ4n) is 2.23. The summed E-state index contributed by atoms with van der Waals surface area (Å²) in [6.45, 7) is 0.322. The van der Waals surface area contributed by atoms with Gasteiger partial charge >= 0.3 is 0 Å². The first-order chi connectivity index (χ1) is 8.65. The average molecular weight is 246 g/mol. The number of carbonyl (C=O) groups excluding carboxylic acids is 1. The lowest BCUT2D eigenvalue weighted by Crippen LogP contribution is -2.31. The number of nitrogens with zero attached hydrogens (tertiary/aromatic N) is 2. The summed E-state index contributed by atoms with van der Waals surface area (Å²) in [7, 11) is 1.85. The largest absolute Gasteiger partial charge is 0.341 e. The summed E-state index contributed by atoms with van der Waals surface area (Å²) in [5.74, 6) is -0.138. The average Bonchev–Trinajstić information content (AvgIpc) is 3.12. The summed E-state index contributed by atoms with van der Waals surface area (Å²) in [5.41, 5.74) is 0.897. The third-order valence-corrected chi connectivity index (χ3v) is 3.53. The molecule has 0 saturated heterocycles. The highest BCUT2D eigenvalue weighted by Crippen LogP contribution is 2.26. The van der Waals surface area contributed by atoms with Gasteiger partial charge in [0, 0.05) is 30.2 Å². The molecule has 3 rings (SSSR count). The van der Waals surface area contributed by atoms with Crippen molar-refractivity contribution in [1.29, 1.82) is 0 Å². The van der Waals surface area contributed by atoms with E-state index in [0.717, 1.165) is 23.7 Å². The van der Waals surface area contributed by atoms with Gasteiger partial charge in [-0.2, -0.15) is 0 Å². The van der Waals surface area contributed by atoms with Crippen LogP contribution in [-0.4, -0.2) is 28.5 Å². The third-order valence-electron chi connectivity index (χ3n) is 3.53. The van der Waals surface area contributed by atoms with Gasteiger partial charge in [0.1, 0.15) is 12.4 Å². The quantitative estimate of drug-likeness (QED) is 0.816. The molecule has 0 unspecified atom stereocenters. The van der Waals surface area contributed by atoms with Crippen molar-refractivity contribution >= 4 is 16.8 Å². The van der Waals surface area contributed by atoms with Gasteiger partial charge in [-0.05, 0) is 37.1 Å². The summed E-state index contributed by atoms with van der Waals surface area (Å²) in [4.78, 5) is 13.8. The molecule has 0 aliphatic heterocycles. The van der Waals surface area contributed by atoms with Crippen molar-refractivity contribution in [3.8, 4) is 0 Å². The second kappa shape index (κ2) is 4.12. The summed E-state index contributed by atoms with van der Waals surface area (Å²) in [6.07, 6.45) is 4.06. The van der Waals surface area contributed by atoms with Gasteiger partial charge in [-0.15, -0.1) is 0 Å². The van der Waals surface area contributed by atoms with Gasteiger partial charge < -0.3 is 9.47 Å². The molecule has 3 nitrogen and oxygen atoms in total. The zero-order chi connectivity index (χ0) is 12.7.